The van der Waals surface area contributed by atoms with Gasteiger partial charge in [-0.15, -0.1) is 0 Å². The molecule has 0 bridgehead atoms. The Bertz CT molecular complexity index is 769. The maximum absolute atomic E-state index is 13.1. The summed E-state index contributed by atoms with van der Waals surface area (Å²) in [6.45, 7) is 0.156. The highest BCUT2D eigenvalue weighted by molar-refractivity contribution is 6.30. The van der Waals surface area contributed by atoms with Crippen LogP contribution in [0.2, 0.25) is 5.02 Å². The second-order valence-electron chi connectivity index (χ2n) is 4.53. The van der Waals surface area contributed by atoms with E-state index in [-0.39, 0.29) is 6.54 Å². The lowest BCUT2D eigenvalue weighted by Crippen LogP contribution is -2.00. The first-order valence-electron chi connectivity index (χ1n) is 6.38. The van der Waals surface area contributed by atoms with Gasteiger partial charge in [0.25, 0.3) is 0 Å². The Morgan fingerprint density at radius 2 is 1.73 bits per heavy atom. The Balaban J connectivity index is 1.70. The van der Waals surface area contributed by atoms with E-state index < -0.39 is 11.6 Å². The number of nitrogens with one attached hydrogen (secondary N) is 1. The van der Waals surface area contributed by atoms with Gasteiger partial charge in [-0.2, -0.15) is 4.98 Å². The Hall–Kier alpha value is -2.47. The molecule has 0 aliphatic heterocycles. The Labute approximate surface area is 129 Å². The molecule has 2 aromatic carbocycles. The topological polar surface area (TPSA) is 51.0 Å². The van der Waals surface area contributed by atoms with Gasteiger partial charge < -0.3 is 9.84 Å². The zero-order chi connectivity index (χ0) is 15.5. The molecular weight excluding hydrogens is 312 g/mol. The van der Waals surface area contributed by atoms with E-state index in [2.05, 4.69) is 15.5 Å². The molecule has 0 fully saturated rings. The van der Waals surface area contributed by atoms with Gasteiger partial charge in [0.1, 0.15) is 11.6 Å². The van der Waals surface area contributed by atoms with E-state index in [1.54, 1.807) is 24.3 Å². The number of hydrogen-bond acceptors (Lipinski definition) is 4. The van der Waals surface area contributed by atoms with Crippen LogP contribution in [0.3, 0.4) is 0 Å². The molecular formula is C15H10ClF2N3O. The van der Waals surface area contributed by atoms with Crippen LogP contribution in [-0.4, -0.2) is 10.1 Å². The summed E-state index contributed by atoms with van der Waals surface area (Å²) in [5.74, 6) is -0.599. The fraction of sp³-hybridized carbons (Fsp3) is 0.0667. The highest BCUT2D eigenvalue weighted by atomic mass is 35.5. The molecule has 0 unspecified atom stereocenters. The SMILES string of the molecule is Fc1cc(F)cc(NCc2nc(-c3ccc(Cl)cc3)no2)c1. The van der Waals surface area contributed by atoms with Crippen LogP contribution in [0.1, 0.15) is 5.89 Å². The quantitative estimate of drug-likeness (QED) is 0.779. The van der Waals surface area contributed by atoms with Crippen molar-refractivity contribution >= 4 is 17.3 Å². The van der Waals surface area contributed by atoms with Crippen LogP contribution in [-0.2, 0) is 6.54 Å². The zero-order valence-corrected chi connectivity index (χ0v) is 11.9. The molecule has 112 valence electrons. The molecule has 1 aromatic heterocycles. The van der Waals surface area contributed by atoms with Crippen molar-refractivity contribution in [2.24, 2.45) is 0 Å². The van der Waals surface area contributed by atoms with E-state index in [9.17, 15) is 8.78 Å². The fourth-order valence-corrected chi connectivity index (χ4v) is 2.00. The third-order valence-corrected chi connectivity index (χ3v) is 3.13. The van der Waals surface area contributed by atoms with Crippen molar-refractivity contribution in [1.29, 1.82) is 0 Å². The Morgan fingerprint density at radius 3 is 2.41 bits per heavy atom. The van der Waals surface area contributed by atoms with Gasteiger partial charge in [0.15, 0.2) is 0 Å². The molecule has 3 rings (SSSR count). The second kappa shape index (κ2) is 6.11. The molecule has 0 saturated heterocycles. The lowest BCUT2D eigenvalue weighted by Gasteiger charge is -2.03. The number of nitrogens with zero attached hydrogens (tertiary/aromatic N) is 2. The van der Waals surface area contributed by atoms with Crippen molar-refractivity contribution in [3.8, 4) is 11.4 Å². The van der Waals surface area contributed by atoms with Crippen LogP contribution in [0.4, 0.5) is 14.5 Å². The van der Waals surface area contributed by atoms with Crippen LogP contribution in [0.5, 0.6) is 0 Å². The molecule has 0 aliphatic rings. The monoisotopic (exact) mass is 321 g/mol. The van der Waals surface area contributed by atoms with Crippen molar-refractivity contribution in [3.63, 3.8) is 0 Å². The summed E-state index contributed by atoms with van der Waals surface area (Å²) in [7, 11) is 0. The summed E-state index contributed by atoms with van der Waals surface area (Å²) in [5, 5.41) is 7.28. The number of anilines is 1. The van der Waals surface area contributed by atoms with Gasteiger partial charge in [0.05, 0.1) is 6.54 Å². The van der Waals surface area contributed by atoms with Gasteiger partial charge in [0, 0.05) is 22.3 Å². The Kier molecular flexibility index (Phi) is 4.02. The van der Waals surface area contributed by atoms with Crippen LogP contribution in [0.25, 0.3) is 11.4 Å². The number of benzene rings is 2. The van der Waals surface area contributed by atoms with Crippen LogP contribution in [0.15, 0.2) is 47.0 Å². The molecule has 0 atom stereocenters. The molecule has 1 heterocycles. The minimum atomic E-state index is -0.658. The van der Waals surface area contributed by atoms with Gasteiger partial charge in [0.2, 0.25) is 11.7 Å². The first-order chi connectivity index (χ1) is 10.6. The number of aromatic nitrogens is 2. The van der Waals surface area contributed by atoms with Crippen molar-refractivity contribution < 1.29 is 13.3 Å². The summed E-state index contributed by atoms with van der Waals surface area (Å²) in [5.41, 5.74) is 1.06. The van der Waals surface area contributed by atoms with Gasteiger partial charge in [-0.3, -0.25) is 0 Å². The largest absolute Gasteiger partial charge is 0.376 e. The van der Waals surface area contributed by atoms with Crippen molar-refractivity contribution in [3.05, 3.63) is 65.0 Å². The van der Waals surface area contributed by atoms with E-state index >= 15 is 0 Å². The third-order valence-electron chi connectivity index (χ3n) is 2.88. The van der Waals surface area contributed by atoms with Crippen LogP contribution in [0, 0.1) is 11.6 Å². The molecule has 3 aromatic rings. The van der Waals surface area contributed by atoms with Gasteiger partial charge >= 0.3 is 0 Å². The molecule has 0 radical (unpaired) electrons. The summed E-state index contributed by atoms with van der Waals surface area (Å²) < 4.78 is 31.2. The lowest BCUT2D eigenvalue weighted by molar-refractivity contribution is 0.384. The smallest absolute Gasteiger partial charge is 0.246 e. The van der Waals surface area contributed by atoms with Gasteiger partial charge in [-0.1, -0.05) is 16.8 Å². The molecule has 7 heteroatoms. The standard InChI is InChI=1S/C15H10ClF2N3O/c16-10-3-1-9(2-4-10)15-20-14(22-21-15)8-19-13-6-11(17)5-12(18)7-13/h1-7,19H,8H2. The van der Waals surface area contributed by atoms with E-state index in [4.69, 9.17) is 16.1 Å². The minimum absolute atomic E-state index is 0.156. The molecule has 0 aliphatic carbocycles. The molecule has 4 nitrogen and oxygen atoms in total. The fourth-order valence-electron chi connectivity index (χ4n) is 1.88. The number of halogens is 3. The molecule has 0 amide bonds. The normalized spacial score (nSPS) is 10.7. The average molecular weight is 322 g/mol. The van der Waals surface area contributed by atoms with Crippen molar-refractivity contribution in [1.82, 2.24) is 10.1 Å². The number of hydrogen-bond donors (Lipinski definition) is 1. The van der Waals surface area contributed by atoms with Gasteiger partial charge in [-0.25, -0.2) is 8.78 Å². The van der Waals surface area contributed by atoms with Crippen LogP contribution >= 0.6 is 11.6 Å². The second-order valence-corrected chi connectivity index (χ2v) is 4.97. The summed E-state index contributed by atoms with van der Waals surface area (Å²) in [6.07, 6.45) is 0. The van der Waals surface area contributed by atoms with Crippen LogP contribution < -0.4 is 5.32 Å². The predicted octanol–water partition coefficient (Wildman–Crippen LogP) is 4.28. The highest BCUT2D eigenvalue weighted by Crippen LogP contribution is 2.19. The van der Waals surface area contributed by atoms with E-state index in [1.807, 2.05) is 0 Å². The molecule has 22 heavy (non-hydrogen) atoms. The molecule has 0 saturated carbocycles. The highest BCUT2D eigenvalue weighted by Gasteiger charge is 2.09. The lowest BCUT2D eigenvalue weighted by atomic mass is 10.2. The Morgan fingerprint density at radius 1 is 1.05 bits per heavy atom. The minimum Gasteiger partial charge on any atom is -0.376 e. The van der Waals surface area contributed by atoms with Crippen molar-refractivity contribution in [2.75, 3.05) is 5.32 Å². The first-order valence-corrected chi connectivity index (χ1v) is 6.76. The van der Waals surface area contributed by atoms with Crippen molar-refractivity contribution in [2.45, 2.75) is 6.54 Å². The summed E-state index contributed by atoms with van der Waals surface area (Å²) in [4.78, 5) is 4.20. The summed E-state index contributed by atoms with van der Waals surface area (Å²) >= 11 is 5.81. The third kappa shape index (κ3) is 3.40. The zero-order valence-electron chi connectivity index (χ0n) is 11.2. The number of rotatable bonds is 4. The maximum atomic E-state index is 13.1. The van der Waals surface area contributed by atoms with E-state index in [0.717, 1.165) is 11.6 Å². The first kappa shape index (κ1) is 14.5. The summed E-state index contributed by atoms with van der Waals surface area (Å²) in [6, 6.07) is 10.1. The average Bonchev–Trinajstić information content (AvgIpc) is 2.94. The van der Waals surface area contributed by atoms with Gasteiger partial charge in [-0.05, 0) is 36.4 Å². The van der Waals surface area contributed by atoms with E-state index in [0.29, 0.717) is 22.4 Å². The molecule has 1 N–H and O–H groups in total. The van der Waals surface area contributed by atoms with E-state index in [1.165, 1.54) is 12.1 Å². The molecule has 0 spiro atoms. The maximum Gasteiger partial charge on any atom is 0.246 e. The predicted molar refractivity (Wildman–Crippen MR) is 78.4 cm³/mol.